The van der Waals surface area contributed by atoms with Crippen LogP contribution >= 0.6 is 11.6 Å². The molecule has 36 heavy (non-hydrogen) atoms. The first-order chi connectivity index (χ1) is 17.1. The Bertz CT molecular complexity index is 1210. The lowest BCUT2D eigenvalue weighted by Gasteiger charge is -2.38. The average Bonchev–Trinajstić information content (AvgIpc) is 3.23. The van der Waals surface area contributed by atoms with E-state index in [4.69, 9.17) is 23.1 Å². The van der Waals surface area contributed by atoms with Gasteiger partial charge in [-0.2, -0.15) is 4.99 Å². The van der Waals surface area contributed by atoms with E-state index in [1.54, 1.807) is 4.90 Å². The van der Waals surface area contributed by atoms with Crippen LogP contribution in [0.1, 0.15) is 41.7 Å². The summed E-state index contributed by atoms with van der Waals surface area (Å²) in [7, 11) is 0. The van der Waals surface area contributed by atoms with Crippen LogP contribution in [-0.2, 0) is 9.59 Å². The zero-order valence-corrected chi connectivity index (χ0v) is 20.6. The number of hydrogen-bond acceptors (Lipinski definition) is 7. The van der Waals surface area contributed by atoms with Gasteiger partial charge in [0.2, 0.25) is 11.8 Å². The average molecular weight is 514 g/mol. The Morgan fingerprint density at radius 3 is 2.50 bits per heavy atom. The smallest absolute Gasteiger partial charge is 0.302 e. The number of nitrogens with zero attached hydrogens (tertiary/aromatic N) is 4. The normalized spacial score (nSPS) is 17.5. The Hall–Kier alpha value is -3.93. The van der Waals surface area contributed by atoms with Crippen LogP contribution in [0.4, 0.5) is 17.3 Å². The Morgan fingerprint density at radius 2 is 1.81 bits per heavy atom. The largest absolute Gasteiger partial charge is 0.382 e. The maximum Gasteiger partial charge on any atom is 0.302 e. The lowest BCUT2D eigenvalue weighted by Crippen LogP contribution is -2.53. The molecular weight excluding hydrogens is 486 g/mol. The maximum absolute atomic E-state index is 12.7. The highest BCUT2D eigenvalue weighted by Gasteiger charge is 2.40. The predicted octanol–water partition coefficient (Wildman–Crippen LogP) is 1.07. The number of nitrogens with two attached hydrogens (primary N) is 2. The molecule has 4 rings (SSSR count). The number of hydrogen-bond donors (Lipinski definition) is 5. The van der Waals surface area contributed by atoms with Crippen molar-refractivity contribution in [3.05, 3.63) is 40.7 Å². The number of rotatable bonds is 5. The summed E-state index contributed by atoms with van der Waals surface area (Å²) < 4.78 is 0. The highest BCUT2D eigenvalue weighted by molar-refractivity contribution is 6.31. The molecule has 12 nitrogen and oxygen atoms in total. The lowest BCUT2D eigenvalue weighted by molar-refractivity contribution is -0.134. The molecule has 0 bridgehead atoms. The van der Waals surface area contributed by atoms with Gasteiger partial charge in [0.25, 0.3) is 0 Å². The molecule has 2 saturated heterocycles. The minimum absolute atomic E-state index is 0.0618. The van der Waals surface area contributed by atoms with Gasteiger partial charge in [-0.05, 0) is 31.9 Å². The van der Waals surface area contributed by atoms with Crippen LogP contribution in [0, 0.1) is 6.92 Å². The number of piperidine rings is 1. The third-order valence-corrected chi connectivity index (χ3v) is 6.55. The summed E-state index contributed by atoms with van der Waals surface area (Å²) in [4.78, 5) is 50.8. The van der Waals surface area contributed by atoms with Crippen LogP contribution < -0.4 is 27.4 Å². The van der Waals surface area contributed by atoms with Gasteiger partial charge in [-0.1, -0.05) is 29.3 Å². The van der Waals surface area contributed by atoms with Crippen molar-refractivity contribution in [2.24, 2.45) is 4.99 Å². The number of halogens is 1. The van der Waals surface area contributed by atoms with Crippen LogP contribution in [0.3, 0.4) is 0 Å². The van der Waals surface area contributed by atoms with Gasteiger partial charge in [-0.3, -0.25) is 14.4 Å². The van der Waals surface area contributed by atoms with Crippen molar-refractivity contribution < 1.29 is 14.4 Å². The van der Waals surface area contributed by atoms with E-state index in [1.165, 1.54) is 0 Å². The highest BCUT2D eigenvalue weighted by atomic mass is 35.5. The summed E-state index contributed by atoms with van der Waals surface area (Å²) in [5, 5.41) is 9.04. The van der Waals surface area contributed by atoms with Crippen molar-refractivity contribution in [1.82, 2.24) is 25.5 Å². The number of carbonyl (C=O) groups excluding carboxylic acids is 3. The molecule has 13 heteroatoms. The van der Waals surface area contributed by atoms with Crippen molar-refractivity contribution >= 4 is 52.6 Å². The number of nitrogens with one attached hydrogen (secondary N) is 3. The fourth-order valence-electron chi connectivity index (χ4n) is 4.14. The van der Waals surface area contributed by atoms with Gasteiger partial charge in [0, 0.05) is 38.2 Å². The second kappa shape index (κ2) is 10.4. The summed E-state index contributed by atoms with van der Waals surface area (Å²) in [5.74, 6) is -0.887. The second-order valence-corrected chi connectivity index (χ2v) is 9.31. The van der Waals surface area contributed by atoms with Crippen LogP contribution in [0.25, 0.3) is 0 Å². The third-order valence-electron chi connectivity index (χ3n) is 6.27. The molecule has 1 aromatic heterocycles. The predicted molar refractivity (Wildman–Crippen MR) is 136 cm³/mol. The van der Waals surface area contributed by atoms with Crippen LogP contribution in [0.2, 0.25) is 5.15 Å². The molecule has 0 aliphatic carbocycles. The molecule has 3 amide bonds. The van der Waals surface area contributed by atoms with Crippen LogP contribution in [-0.4, -0.2) is 63.7 Å². The Kier molecular flexibility index (Phi) is 7.25. The first-order valence-corrected chi connectivity index (χ1v) is 11.9. The van der Waals surface area contributed by atoms with E-state index in [-0.39, 0.29) is 52.7 Å². The first-order valence-electron chi connectivity index (χ1n) is 11.5. The fraction of sp³-hybridized carbons (Fsp3) is 0.391. The number of aryl methyl sites for hydroxylation is 1. The minimum Gasteiger partial charge on any atom is -0.382 e. The molecule has 0 saturated carbocycles. The number of amides is 3. The molecule has 2 fully saturated rings. The monoisotopic (exact) mass is 513 g/mol. The SMILES string of the molecule is Cc1ccc(NC(=O)CCC(=O)N2CCC3(CC2)CN/C(=N\C(=O)c2nc(Cl)c(N)nc2N)N3)cc1. The summed E-state index contributed by atoms with van der Waals surface area (Å²) in [6.07, 6.45) is 1.58. The Morgan fingerprint density at radius 1 is 1.11 bits per heavy atom. The molecule has 2 aliphatic rings. The van der Waals surface area contributed by atoms with Crippen molar-refractivity contribution in [3.8, 4) is 0 Å². The molecule has 7 N–H and O–H groups in total. The molecule has 0 atom stereocenters. The number of nitrogen functional groups attached to an aromatic ring is 2. The van der Waals surface area contributed by atoms with Crippen molar-refractivity contribution in [3.63, 3.8) is 0 Å². The van der Waals surface area contributed by atoms with Gasteiger partial charge in [0.05, 0.1) is 5.54 Å². The summed E-state index contributed by atoms with van der Waals surface area (Å²) in [6, 6.07) is 7.50. The van der Waals surface area contributed by atoms with E-state index >= 15 is 0 Å². The van der Waals surface area contributed by atoms with Gasteiger partial charge in [-0.25, -0.2) is 9.97 Å². The van der Waals surface area contributed by atoms with Gasteiger partial charge in [0.15, 0.2) is 28.4 Å². The summed E-state index contributed by atoms with van der Waals surface area (Å²) in [5.41, 5.74) is 12.6. The molecule has 2 aromatic rings. The molecule has 1 aromatic carbocycles. The van der Waals surface area contributed by atoms with E-state index in [1.807, 2.05) is 31.2 Å². The van der Waals surface area contributed by atoms with Crippen molar-refractivity contribution in [2.45, 2.75) is 38.1 Å². The zero-order chi connectivity index (χ0) is 25.9. The summed E-state index contributed by atoms with van der Waals surface area (Å²) in [6.45, 7) is 3.57. The standard InChI is InChI=1S/C23H28ClN9O3/c1-13-2-4-14(5-3-13)28-15(34)6-7-16(35)33-10-8-23(9-11-33)12-27-22(32-23)31-21(36)17-19(25)30-20(26)18(24)29-17/h2-5H,6-12H2,1H3,(H,28,34)(H4,25,26,30)(H2,27,31,32,36). The van der Waals surface area contributed by atoms with Crippen LogP contribution in [0.5, 0.6) is 0 Å². The number of benzene rings is 1. The van der Waals surface area contributed by atoms with E-state index in [0.29, 0.717) is 44.1 Å². The number of carbonyl (C=O) groups is 3. The number of likely N-dealkylation sites (tertiary alicyclic amines) is 1. The van der Waals surface area contributed by atoms with E-state index in [9.17, 15) is 14.4 Å². The summed E-state index contributed by atoms with van der Waals surface area (Å²) >= 11 is 5.84. The number of anilines is 3. The number of aromatic nitrogens is 2. The molecule has 0 unspecified atom stereocenters. The van der Waals surface area contributed by atoms with E-state index in [2.05, 4.69) is 30.9 Å². The molecular formula is C23H28ClN9O3. The molecule has 1 spiro atoms. The number of aliphatic imine (C=N–C) groups is 1. The lowest BCUT2D eigenvalue weighted by atomic mass is 9.88. The molecule has 190 valence electrons. The minimum atomic E-state index is -0.703. The maximum atomic E-state index is 12.7. The second-order valence-electron chi connectivity index (χ2n) is 8.95. The van der Waals surface area contributed by atoms with Gasteiger partial charge < -0.3 is 32.3 Å². The van der Waals surface area contributed by atoms with Crippen molar-refractivity contribution in [1.29, 1.82) is 0 Å². The van der Waals surface area contributed by atoms with E-state index in [0.717, 1.165) is 5.56 Å². The van der Waals surface area contributed by atoms with Crippen molar-refractivity contribution in [2.75, 3.05) is 36.4 Å². The van der Waals surface area contributed by atoms with Gasteiger partial charge >= 0.3 is 5.91 Å². The third kappa shape index (κ3) is 5.82. The first kappa shape index (κ1) is 25.2. The highest BCUT2D eigenvalue weighted by Crippen LogP contribution is 2.25. The quantitative estimate of drug-likeness (QED) is 0.390. The van der Waals surface area contributed by atoms with E-state index < -0.39 is 5.91 Å². The Labute approximate surface area is 212 Å². The fourth-order valence-corrected chi connectivity index (χ4v) is 4.27. The Balaban J connectivity index is 1.26. The molecule has 2 aliphatic heterocycles. The zero-order valence-electron chi connectivity index (χ0n) is 19.8. The topological polar surface area (TPSA) is 181 Å². The van der Waals surface area contributed by atoms with Gasteiger partial charge in [0.1, 0.15) is 0 Å². The van der Waals surface area contributed by atoms with Crippen LogP contribution in [0.15, 0.2) is 29.3 Å². The molecule has 3 heterocycles. The van der Waals surface area contributed by atoms with Gasteiger partial charge in [-0.15, -0.1) is 0 Å². The molecule has 0 radical (unpaired) electrons. The number of guanidine groups is 1.